The minimum atomic E-state index is -2.95. The molecule has 3 nitrogen and oxygen atoms in total. The number of aliphatic hydroxyl groups is 1. The molecule has 1 unspecified atom stereocenters. The standard InChI is InChI=1S/C13H19ClO3S/c1-3-18(16,17)9-5-8-13(15)11-6-4-7-12(14)10(11)2/h4,6-7,13,15H,3,5,8-9H2,1-2H3. The van der Waals surface area contributed by atoms with Gasteiger partial charge >= 0.3 is 0 Å². The molecule has 0 spiro atoms. The zero-order valence-electron chi connectivity index (χ0n) is 10.7. The lowest BCUT2D eigenvalue weighted by molar-refractivity contribution is 0.166. The van der Waals surface area contributed by atoms with Crippen LogP contribution in [-0.4, -0.2) is 25.0 Å². The van der Waals surface area contributed by atoms with Crippen molar-refractivity contribution >= 4 is 21.4 Å². The highest BCUT2D eigenvalue weighted by Crippen LogP contribution is 2.26. The summed E-state index contributed by atoms with van der Waals surface area (Å²) in [6, 6.07) is 5.38. The average Bonchev–Trinajstić information content (AvgIpc) is 2.32. The molecule has 0 saturated carbocycles. The van der Waals surface area contributed by atoms with Gasteiger partial charge in [-0.05, 0) is 37.0 Å². The summed E-state index contributed by atoms with van der Waals surface area (Å²) in [5.74, 6) is 0.277. The van der Waals surface area contributed by atoms with Gasteiger partial charge in [0.1, 0.15) is 9.84 Å². The van der Waals surface area contributed by atoms with Crippen LogP contribution in [0.15, 0.2) is 18.2 Å². The van der Waals surface area contributed by atoms with Crippen molar-refractivity contribution in [3.05, 3.63) is 34.3 Å². The number of aliphatic hydroxyl groups excluding tert-OH is 1. The van der Waals surface area contributed by atoms with Gasteiger partial charge in [0.2, 0.25) is 0 Å². The fourth-order valence-corrected chi connectivity index (χ4v) is 2.86. The first kappa shape index (κ1) is 15.5. The van der Waals surface area contributed by atoms with Crippen molar-refractivity contribution in [2.24, 2.45) is 0 Å². The highest BCUT2D eigenvalue weighted by molar-refractivity contribution is 7.91. The Labute approximate surface area is 114 Å². The molecule has 0 bridgehead atoms. The molecule has 0 amide bonds. The van der Waals surface area contributed by atoms with E-state index in [1.807, 2.05) is 13.0 Å². The van der Waals surface area contributed by atoms with Crippen molar-refractivity contribution in [2.75, 3.05) is 11.5 Å². The van der Waals surface area contributed by atoms with E-state index in [4.69, 9.17) is 11.6 Å². The molecule has 0 aliphatic rings. The maximum atomic E-state index is 11.3. The molecular weight excluding hydrogens is 272 g/mol. The zero-order valence-corrected chi connectivity index (χ0v) is 12.3. The molecule has 1 rings (SSSR count). The van der Waals surface area contributed by atoms with Gasteiger partial charge in [-0.15, -0.1) is 0 Å². The highest BCUT2D eigenvalue weighted by atomic mass is 35.5. The molecule has 0 aliphatic carbocycles. The fraction of sp³-hybridized carbons (Fsp3) is 0.538. The zero-order chi connectivity index (χ0) is 13.8. The number of benzene rings is 1. The Hall–Kier alpha value is -0.580. The molecule has 1 atom stereocenters. The molecule has 102 valence electrons. The van der Waals surface area contributed by atoms with Gasteiger partial charge < -0.3 is 5.11 Å². The van der Waals surface area contributed by atoms with Gasteiger partial charge in [-0.1, -0.05) is 30.7 Å². The third kappa shape index (κ3) is 4.26. The van der Waals surface area contributed by atoms with Gasteiger partial charge in [0.25, 0.3) is 0 Å². The van der Waals surface area contributed by atoms with Crippen LogP contribution >= 0.6 is 11.6 Å². The first-order chi connectivity index (χ1) is 8.37. The first-order valence-corrected chi connectivity index (χ1v) is 8.21. The van der Waals surface area contributed by atoms with E-state index in [0.29, 0.717) is 17.9 Å². The van der Waals surface area contributed by atoms with Gasteiger partial charge in [0.05, 0.1) is 11.9 Å². The molecule has 1 aromatic rings. The lowest BCUT2D eigenvalue weighted by Crippen LogP contribution is -2.10. The predicted octanol–water partition coefficient (Wildman–Crippen LogP) is 2.90. The van der Waals surface area contributed by atoms with Crippen molar-refractivity contribution in [3.8, 4) is 0 Å². The molecule has 0 heterocycles. The van der Waals surface area contributed by atoms with Crippen LogP contribution in [0.3, 0.4) is 0 Å². The largest absolute Gasteiger partial charge is 0.388 e. The molecular formula is C13H19ClO3S. The average molecular weight is 291 g/mol. The van der Waals surface area contributed by atoms with Gasteiger partial charge in [-0.2, -0.15) is 0 Å². The minimum Gasteiger partial charge on any atom is -0.388 e. The number of halogens is 1. The van der Waals surface area contributed by atoms with Gasteiger partial charge in [0.15, 0.2) is 0 Å². The van der Waals surface area contributed by atoms with Crippen LogP contribution in [-0.2, 0) is 9.84 Å². The molecule has 18 heavy (non-hydrogen) atoms. The number of hydrogen-bond acceptors (Lipinski definition) is 3. The monoisotopic (exact) mass is 290 g/mol. The lowest BCUT2D eigenvalue weighted by Gasteiger charge is -2.14. The van der Waals surface area contributed by atoms with Crippen LogP contribution < -0.4 is 0 Å². The van der Waals surface area contributed by atoms with Gasteiger partial charge in [-0.3, -0.25) is 0 Å². The third-order valence-corrected chi connectivity index (χ3v) is 5.24. The first-order valence-electron chi connectivity index (χ1n) is 6.01. The Morgan fingerprint density at radius 3 is 2.67 bits per heavy atom. The second kappa shape index (κ2) is 6.55. The van der Waals surface area contributed by atoms with Crippen molar-refractivity contribution in [2.45, 2.75) is 32.8 Å². The van der Waals surface area contributed by atoms with Crippen LogP contribution in [0.1, 0.15) is 37.0 Å². The molecule has 5 heteroatoms. The molecule has 1 aromatic carbocycles. The number of hydrogen-bond donors (Lipinski definition) is 1. The van der Waals surface area contributed by atoms with Crippen molar-refractivity contribution in [1.29, 1.82) is 0 Å². The topological polar surface area (TPSA) is 54.4 Å². The van der Waals surface area contributed by atoms with Crippen molar-refractivity contribution < 1.29 is 13.5 Å². The van der Waals surface area contributed by atoms with E-state index in [1.165, 1.54) is 0 Å². The number of rotatable bonds is 6. The highest BCUT2D eigenvalue weighted by Gasteiger charge is 2.14. The summed E-state index contributed by atoms with van der Waals surface area (Å²) in [5.41, 5.74) is 1.63. The van der Waals surface area contributed by atoms with E-state index < -0.39 is 15.9 Å². The summed E-state index contributed by atoms with van der Waals surface area (Å²) in [5, 5.41) is 10.7. The summed E-state index contributed by atoms with van der Waals surface area (Å²) < 4.78 is 22.7. The fourth-order valence-electron chi connectivity index (χ4n) is 1.78. The Kier molecular flexibility index (Phi) is 5.63. The second-order valence-corrected chi connectivity index (χ2v) is 7.23. The van der Waals surface area contributed by atoms with E-state index in [2.05, 4.69) is 0 Å². The molecule has 0 aliphatic heterocycles. The summed E-state index contributed by atoms with van der Waals surface area (Å²) in [6.07, 6.45) is 0.236. The molecule has 0 saturated heterocycles. The van der Waals surface area contributed by atoms with Crippen molar-refractivity contribution in [1.82, 2.24) is 0 Å². The molecule has 0 radical (unpaired) electrons. The maximum absolute atomic E-state index is 11.3. The molecule has 0 aromatic heterocycles. The lowest BCUT2D eigenvalue weighted by atomic mass is 10.0. The van der Waals surface area contributed by atoms with E-state index in [0.717, 1.165) is 11.1 Å². The summed E-state index contributed by atoms with van der Waals surface area (Å²) in [6.45, 7) is 3.48. The second-order valence-electron chi connectivity index (χ2n) is 4.35. The van der Waals surface area contributed by atoms with Gasteiger partial charge in [-0.25, -0.2) is 8.42 Å². The predicted molar refractivity (Wildman–Crippen MR) is 74.7 cm³/mol. The Bertz CT molecular complexity index is 497. The Morgan fingerprint density at radius 2 is 2.06 bits per heavy atom. The van der Waals surface area contributed by atoms with Crippen LogP contribution in [0, 0.1) is 6.92 Å². The summed E-state index contributed by atoms with van der Waals surface area (Å²) >= 11 is 5.98. The van der Waals surface area contributed by atoms with Crippen LogP contribution in [0.5, 0.6) is 0 Å². The molecule has 0 fully saturated rings. The van der Waals surface area contributed by atoms with Crippen LogP contribution in [0.25, 0.3) is 0 Å². The Balaban J connectivity index is 2.61. The summed E-state index contributed by atoms with van der Waals surface area (Å²) in [7, 11) is -2.95. The van der Waals surface area contributed by atoms with Crippen LogP contribution in [0.4, 0.5) is 0 Å². The smallest absolute Gasteiger partial charge is 0.150 e. The minimum absolute atomic E-state index is 0.125. The van der Waals surface area contributed by atoms with Gasteiger partial charge in [0, 0.05) is 10.8 Å². The third-order valence-electron chi connectivity index (χ3n) is 3.04. The number of sulfone groups is 1. The molecule has 1 N–H and O–H groups in total. The van der Waals surface area contributed by atoms with E-state index in [-0.39, 0.29) is 11.5 Å². The quantitative estimate of drug-likeness (QED) is 0.876. The van der Waals surface area contributed by atoms with Crippen LogP contribution in [0.2, 0.25) is 5.02 Å². The van der Waals surface area contributed by atoms with E-state index in [9.17, 15) is 13.5 Å². The summed E-state index contributed by atoms with van der Waals surface area (Å²) in [4.78, 5) is 0. The van der Waals surface area contributed by atoms with E-state index >= 15 is 0 Å². The Morgan fingerprint density at radius 1 is 1.39 bits per heavy atom. The maximum Gasteiger partial charge on any atom is 0.150 e. The SMILES string of the molecule is CCS(=O)(=O)CCCC(O)c1cccc(Cl)c1C. The normalized spacial score (nSPS) is 13.6. The van der Waals surface area contributed by atoms with Crippen molar-refractivity contribution in [3.63, 3.8) is 0 Å². The van der Waals surface area contributed by atoms with E-state index in [1.54, 1.807) is 19.1 Å².